The van der Waals surface area contributed by atoms with E-state index in [1.165, 1.54) is 20.1 Å². The zero-order valence-corrected chi connectivity index (χ0v) is 19.0. The van der Waals surface area contributed by atoms with Gasteiger partial charge in [0.15, 0.2) is 5.75 Å². The molecule has 0 saturated carbocycles. The van der Waals surface area contributed by atoms with Crippen LogP contribution in [-0.4, -0.2) is 28.0 Å². The molecule has 0 aromatic heterocycles. The molecular weight excluding hydrogens is 494 g/mol. The second-order valence-corrected chi connectivity index (χ2v) is 8.64. The molecule has 2 aromatic rings. The smallest absolute Gasteiger partial charge is 0.350 e. The minimum Gasteiger partial charge on any atom is -0.508 e. The first-order chi connectivity index (χ1) is 13.0. The van der Waals surface area contributed by atoms with E-state index in [4.69, 9.17) is 14.7 Å². The molecule has 0 aliphatic rings. The number of rotatable bonds is 7. The predicted octanol–water partition coefficient (Wildman–Crippen LogP) is 6.05. The van der Waals surface area contributed by atoms with Gasteiger partial charge in [-0.1, -0.05) is 19.0 Å². The van der Waals surface area contributed by atoms with Gasteiger partial charge in [0.05, 0.1) is 15.2 Å². The first-order valence-electron chi connectivity index (χ1n) is 8.46. The summed E-state index contributed by atoms with van der Waals surface area (Å²) in [6.07, 6.45) is 1.42. The van der Waals surface area contributed by atoms with Crippen LogP contribution >= 0.6 is 31.9 Å². The second-order valence-electron chi connectivity index (χ2n) is 6.93. The lowest BCUT2D eigenvalue weighted by Crippen LogP contribution is -2.32. The van der Waals surface area contributed by atoms with Gasteiger partial charge in [-0.25, -0.2) is 4.79 Å². The van der Waals surface area contributed by atoms with Crippen LogP contribution in [-0.2, 0) is 9.63 Å². The number of nitrogens with zero attached hydrogens (tertiary/aromatic N) is 1. The van der Waals surface area contributed by atoms with Crippen LogP contribution in [0, 0.1) is 0 Å². The van der Waals surface area contributed by atoms with Gasteiger partial charge < -0.3 is 19.8 Å². The third-order valence-corrected chi connectivity index (χ3v) is 5.04. The van der Waals surface area contributed by atoms with E-state index in [1.54, 1.807) is 30.3 Å². The topological polar surface area (TPSA) is 88.4 Å². The highest BCUT2D eigenvalue weighted by Gasteiger charge is 2.29. The maximum absolute atomic E-state index is 11.0. The fourth-order valence-electron chi connectivity index (χ4n) is 2.19. The highest BCUT2D eigenvalue weighted by molar-refractivity contribution is 9.11. The van der Waals surface area contributed by atoms with Gasteiger partial charge >= 0.3 is 5.97 Å². The van der Waals surface area contributed by atoms with Crippen molar-refractivity contribution in [3.05, 3.63) is 50.4 Å². The molecular formula is C20H21Br2NO5. The maximum Gasteiger partial charge on any atom is 0.350 e. The summed E-state index contributed by atoms with van der Waals surface area (Å²) in [4.78, 5) is 16.1. The summed E-state index contributed by atoms with van der Waals surface area (Å²) in [5.74, 6) is 0.436. The fraction of sp³-hybridized carbons (Fsp3) is 0.300. The number of aliphatic carboxylic acids is 1. The Bertz CT molecular complexity index is 886. The summed E-state index contributed by atoms with van der Waals surface area (Å²) in [6.45, 7) is 6.82. The Morgan fingerprint density at radius 2 is 1.79 bits per heavy atom. The molecule has 0 radical (unpaired) electrons. The number of phenolic OH excluding ortho intramolecular Hbond substituents is 1. The van der Waals surface area contributed by atoms with Crippen molar-refractivity contribution in [2.24, 2.45) is 5.16 Å². The van der Waals surface area contributed by atoms with Crippen molar-refractivity contribution < 1.29 is 24.6 Å². The van der Waals surface area contributed by atoms with E-state index in [0.717, 1.165) is 5.56 Å². The van der Waals surface area contributed by atoms with Crippen LogP contribution in [0.4, 0.5) is 0 Å². The first kappa shape index (κ1) is 22.2. The van der Waals surface area contributed by atoms with Gasteiger partial charge in [0, 0.05) is 5.56 Å². The van der Waals surface area contributed by atoms with Crippen LogP contribution in [0.3, 0.4) is 0 Å². The SMILES string of the molecule is CC(C)c1cc(Oc2c(Br)cc(C=NOC(C)(C)C(=O)O)cc2Br)ccc1O. The van der Waals surface area contributed by atoms with Crippen LogP contribution in [0.2, 0.25) is 0 Å². The number of halogens is 2. The molecule has 0 unspecified atom stereocenters. The fourth-order valence-corrected chi connectivity index (χ4v) is 3.57. The van der Waals surface area contributed by atoms with E-state index in [0.29, 0.717) is 26.0 Å². The lowest BCUT2D eigenvalue weighted by molar-refractivity contribution is -0.161. The molecule has 0 heterocycles. The lowest BCUT2D eigenvalue weighted by atomic mass is 10.0. The average Bonchev–Trinajstić information content (AvgIpc) is 2.59. The molecule has 0 spiro atoms. The summed E-state index contributed by atoms with van der Waals surface area (Å²) in [7, 11) is 0. The number of benzene rings is 2. The van der Waals surface area contributed by atoms with Gasteiger partial charge in [-0.05, 0) is 87.5 Å². The maximum atomic E-state index is 11.0. The molecule has 0 amide bonds. The van der Waals surface area contributed by atoms with Crippen LogP contribution in [0.1, 0.15) is 44.7 Å². The molecule has 2 rings (SSSR count). The molecule has 0 fully saturated rings. The molecule has 28 heavy (non-hydrogen) atoms. The molecule has 0 saturated heterocycles. The number of ether oxygens (including phenoxy) is 1. The number of aromatic hydroxyl groups is 1. The van der Waals surface area contributed by atoms with E-state index in [9.17, 15) is 9.90 Å². The van der Waals surface area contributed by atoms with Crippen molar-refractivity contribution >= 4 is 44.0 Å². The number of carboxylic acid groups (broad SMARTS) is 1. The molecule has 0 aliphatic carbocycles. The predicted molar refractivity (Wildman–Crippen MR) is 115 cm³/mol. The third-order valence-electron chi connectivity index (χ3n) is 3.86. The van der Waals surface area contributed by atoms with Crippen molar-refractivity contribution in [2.75, 3.05) is 0 Å². The Morgan fingerprint density at radius 1 is 1.18 bits per heavy atom. The van der Waals surface area contributed by atoms with Crippen molar-refractivity contribution in [3.63, 3.8) is 0 Å². The zero-order valence-electron chi connectivity index (χ0n) is 15.9. The van der Waals surface area contributed by atoms with Crippen molar-refractivity contribution in [1.29, 1.82) is 0 Å². The van der Waals surface area contributed by atoms with Crippen molar-refractivity contribution in [1.82, 2.24) is 0 Å². The summed E-state index contributed by atoms with van der Waals surface area (Å²) >= 11 is 6.94. The van der Waals surface area contributed by atoms with E-state index < -0.39 is 11.6 Å². The monoisotopic (exact) mass is 513 g/mol. The molecule has 8 heteroatoms. The van der Waals surface area contributed by atoms with Crippen molar-refractivity contribution in [3.8, 4) is 17.2 Å². The highest BCUT2D eigenvalue weighted by Crippen LogP contribution is 2.39. The highest BCUT2D eigenvalue weighted by atomic mass is 79.9. The van der Waals surface area contributed by atoms with Gasteiger partial charge in [-0.3, -0.25) is 0 Å². The molecule has 2 N–H and O–H groups in total. The lowest BCUT2D eigenvalue weighted by Gasteiger charge is -2.16. The van der Waals surface area contributed by atoms with Crippen molar-refractivity contribution in [2.45, 2.75) is 39.2 Å². The Kier molecular flexibility index (Phi) is 7.11. The average molecular weight is 515 g/mol. The largest absolute Gasteiger partial charge is 0.508 e. The minimum absolute atomic E-state index is 0.157. The van der Waals surface area contributed by atoms with Crippen LogP contribution in [0.5, 0.6) is 17.2 Å². The molecule has 0 bridgehead atoms. The van der Waals surface area contributed by atoms with Gasteiger partial charge in [-0.15, -0.1) is 0 Å². The summed E-state index contributed by atoms with van der Waals surface area (Å²) in [5, 5.41) is 22.7. The number of oxime groups is 1. The molecule has 6 nitrogen and oxygen atoms in total. The molecule has 150 valence electrons. The Hall–Kier alpha value is -2.06. The normalized spacial score (nSPS) is 11.8. The van der Waals surface area contributed by atoms with Gasteiger partial charge in [0.1, 0.15) is 11.5 Å². The molecule has 0 aliphatic heterocycles. The number of carbonyl (C=O) groups is 1. The Labute approximate surface area is 180 Å². The summed E-state index contributed by atoms with van der Waals surface area (Å²) < 4.78 is 7.31. The summed E-state index contributed by atoms with van der Waals surface area (Å²) in [6, 6.07) is 8.64. The van der Waals surface area contributed by atoms with Crippen LogP contribution < -0.4 is 4.74 Å². The van der Waals surface area contributed by atoms with E-state index in [2.05, 4.69) is 37.0 Å². The van der Waals surface area contributed by atoms with E-state index in [1.807, 2.05) is 13.8 Å². The first-order valence-corrected chi connectivity index (χ1v) is 10.0. The molecule has 0 atom stereocenters. The Morgan fingerprint density at radius 3 is 2.32 bits per heavy atom. The van der Waals surface area contributed by atoms with Gasteiger partial charge in [0.25, 0.3) is 0 Å². The zero-order chi connectivity index (χ0) is 21.1. The molecule has 2 aromatic carbocycles. The number of hydrogen-bond donors (Lipinski definition) is 2. The van der Waals surface area contributed by atoms with Gasteiger partial charge in [0.2, 0.25) is 5.60 Å². The Balaban J connectivity index is 2.23. The van der Waals surface area contributed by atoms with Gasteiger partial charge in [-0.2, -0.15) is 0 Å². The quantitative estimate of drug-likeness (QED) is 0.347. The number of hydrogen-bond acceptors (Lipinski definition) is 5. The number of carboxylic acids is 1. The second kappa shape index (κ2) is 8.96. The third kappa shape index (κ3) is 5.48. The number of phenols is 1. The minimum atomic E-state index is -1.42. The summed E-state index contributed by atoms with van der Waals surface area (Å²) in [5.41, 5.74) is 0.0636. The van der Waals surface area contributed by atoms with Crippen LogP contribution in [0.15, 0.2) is 44.4 Å². The standard InChI is InChI=1S/C20H21Br2NO5/c1-11(2)14-9-13(5-6-17(14)24)27-18-15(21)7-12(8-16(18)22)10-23-28-20(3,4)19(25)26/h5-11,24H,1-4H3,(H,25,26). The van der Waals surface area contributed by atoms with E-state index in [-0.39, 0.29) is 11.7 Å². The van der Waals surface area contributed by atoms with Crippen LogP contribution in [0.25, 0.3) is 0 Å². The van der Waals surface area contributed by atoms with E-state index >= 15 is 0 Å².